The van der Waals surface area contributed by atoms with E-state index in [0.29, 0.717) is 11.7 Å². The zero-order valence-corrected chi connectivity index (χ0v) is 20.8. The monoisotopic (exact) mass is 433 g/mol. The van der Waals surface area contributed by atoms with E-state index in [4.69, 9.17) is 0 Å². The Morgan fingerprint density at radius 3 is 1.73 bits per heavy atom. The Morgan fingerprint density at radius 2 is 1.54 bits per heavy atom. The van der Waals surface area contributed by atoms with Crippen LogP contribution in [-0.4, -0.2) is 8.92 Å². The predicted molar refractivity (Wildman–Crippen MR) is 118 cm³/mol. The molecular weight excluding hydrogens is 399 g/mol. The van der Waals surface area contributed by atoms with E-state index in [0.717, 1.165) is 5.56 Å². The fourth-order valence-corrected chi connectivity index (χ4v) is 2.13. The van der Waals surface area contributed by atoms with Gasteiger partial charge in [0.1, 0.15) is 5.75 Å². The molecule has 147 valence electrons. The van der Waals surface area contributed by atoms with E-state index >= 15 is 0 Å². The molecule has 0 aromatic heterocycles. The summed E-state index contributed by atoms with van der Waals surface area (Å²) in [7, 11) is 0. The largest absolute Gasteiger partial charge is 0.147 e. The molecule has 1 N–H and O–H groups in total. The SMILES string of the molecule is CC(C)(C)c1cccc(O)c1.CC1=[C-]C(C)C(C)=C1C.C[C](C)=[Ti+].Cl.Cl. The number of phenolic OH excluding ortho intramolecular Hbond substituents is 1. The van der Waals surface area contributed by atoms with Crippen molar-refractivity contribution >= 4 is 28.6 Å². The topological polar surface area (TPSA) is 20.2 Å². The van der Waals surface area contributed by atoms with Gasteiger partial charge in [0.2, 0.25) is 0 Å². The number of phenols is 1. The summed E-state index contributed by atoms with van der Waals surface area (Å²) in [5, 5.41) is 9.18. The molecule has 26 heavy (non-hydrogen) atoms. The van der Waals surface area contributed by atoms with Crippen molar-refractivity contribution in [2.24, 2.45) is 5.92 Å². The zero-order valence-electron chi connectivity index (χ0n) is 17.7. The second kappa shape index (κ2) is 13.8. The van der Waals surface area contributed by atoms with E-state index in [1.807, 2.05) is 12.1 Å². The van der Waals surface area contributed by atoms with Gasteiger partial charge in [-0.2, -0.15) is 11.1 Å². The van der Waals surface area contributed by atoms with Crippen LogP contribution >= 0.6 is 24.8 Å². The molecule has 0 saturated carbocycles. The Labute approximate surface area is 185 Å². The predicted octanol–water partition coefficient (Wildman–Crippen LogP) is 7.00. The van der Waals surface area contributed by atoms with Crippen molar-refractivity contribution < 1.29 is 25.1 Å². The molecule has 0 heterocycles. The van der Waals surface area contributed by atoms with Gasteiger partial charge < -0.3 is 5.11 Å². The Kier molecular flexibility index (Phi) is 16.1. The van der Waals surface area contributed by atoms with Gasteiger partial charge in [-0.15, -0.1) is 31.7 Å². The summed E-state index contributed by atoms with van der Waals surface area (Å²) in [4.78, 5) is 0. The van der Waals surface area contributed by atoms with Crippen LogP contribution in [0.4, 0.5) is 0 Å². The number of allylic oxidation sites excluding steroid dienone is 4. The van der Waals surface area contributed by atoms with Crippen LogP contribution in [-0.2, 0) is 25.4 Å². The van der Waals surface area contributed by atoms with Crippen LogP contribution in [0.25, 0.3) is 0 Å². The summed E-state index contributed by atoms with van der Waals surface area (Å²) in [6.45, 7) is 19.2. The van der Waals surface area contributed by atoms with Crippen molar-refractivity contribution in [3.63, 3.8) is 0 Å². The van der Waals surface area contributed by atoms with Crippen LogP contribution in [0.2, 0.25) is 0 Å². The molecule has 1 aliphatic rings. The van der Waals surface area contributed by atoms with Gasteiger partial charge >= 0.3 is 37.6 Å². The average molecular weight is 434 g/mol. The summed E-state index contributed by atoms with van der Waals surface area (Å²) >= 11 is 2.08. The van der Waals surface area contributed by atoms with E-state index in [1.165, 1.54) is 20.5 Å². The van der Waals surface area contributed by atoms with Gasteiger partial charge in [0, 0.05) is 0 Å². The smallest absolute Gasteiger partial charge is 0.147 e. The molecule has 4 heteroatoms. The molecule has 1 aliphatic carbocycles. The van der Waals surface area contributed by atoms with Crippen molar-refractivity contribution in [2.75, 3.05) is 0 Å². The molecule has 0 fully saturated rings. The molecule has 2 rings (SSSR count). The van der Waals surface area contributed by atoms with Crippen LogP contribution in [0.1, 0.15) is 67.9 Å². The Morgan fingerprint density at radius 1 is 1.08 bits per heavy atom. The first kappa shape index (κ1) is 30.4. The van der Waals surface area contributed by atoms with Crippen LogP contribution in [0.3, 0.4) is 0 Å². The zero-order chi connectivity index (χ0) is 19.1. The number of benzene rings is 1. The summed E-state index contributed by atoms with van der Waals surface area (Å²) in [6.07, 6.45) is 3.36. The first-order chi connectivity index (χ1) is 10.9. The van der Waals surface area contributed by atoms with Crippen molar-refractivity contribution in [1.82, 2.24) is 0 Å². The molecule has 0 aliphatic heterocycles. The first-order valence-corrected chi connectivity index (χ1v) is 9.23. The molecule has 0 amide bonds. The molecule has 0 radical (unpaired) electrons. The van der Waals surface area contributed by atoms with Crippen molar-refractivity contribution in [3.05, 3.63) is 52.6 Å². The second-order valence-corrected chi connectivity index (χ2v) is 9.16. The Hall–Kier alpha value is -0.336. The minimum Gasteiger partial charge on any atom is -0.147 e. The van der Waals surface area contributed by atoms with E-state index < -0.39 is 0 Å². The molecule has 0 saturated heterocycles. The standard InChI is InChI=1S/C10H14O.C9H13.C3H6.2ClH.Ti/c1-10(2,3)8-5-4-6-9(11)7-8;1-6-5-7(2)9(4)8(6)3;1-3-2;;;/h4-7,11H,1-3H3;6H,1-4H3;1-2H3;2*1H;/q;-1;;;;+1. The van der Waals surface area contributed by atoms with Crippen molar-refractivity contribution in [1.29, 1.82) is 0 Å². The summed E-state index contributed by atoms with van der Waals surface area (Å²) < 4.78 is 1.42. The van der Waals surface area contributed by atoms with Crippen LogP contribution in [0.5, 0.6) is 5.75 Å². The van der Waals surface area contributed by atoms with E-state index in [2.05, 4.69) is 88.4 Å². The minimum absolute atomic E-state index is 0. The van der Waals surface area contributed by atoms with Gasteiger partial charge in [0.25, 0.3) is 0 Å². The fraction of sp³-hybridized carbons (Fsp3) is 0.500. The van der Waals surface area contributed by atoms with E-state index in [1.54, 1.807) is 12.1 Å². The van der Waals surface area contributed by atoms with Gasteiger partial charge in [-0.3, -0.25) is 6.08 Å². The number of aromatic hydroxyl groups is 1. The molecule has 1 aromatic rings. The molecule has 1 aromatic carbocycles. The van der Waals surface area contributed by atoms with Gasteiger partial charge in [-0.1, -0.05) is 59.6 Å². The van der Waals surface area contributed by atoms with Gasteiger partial charge in [0.05, 0.1) is 0 Å². The van der Waals surface area contributed by atoms with Gasteiger partial charge in [0.15, 0.2) is 0 Å². The Bertz CT molecular complexity index is 621. The third kappa shape index (κ3) is 12.1. The minimum atomic E-state index is 0. The van der Waals surface area contributed by atoms with E-state index in [9.17, 15) is 5.11 Å². The summed E-state index contributed by atoms with van der Waals surface area (Å²) in [5.74, 6) is 0.905. The molecule has 0 bridgehead atoms. The summed E-state index contributed by atoms with van der Waals surface area (Å²) in [6, 6.07) is 7.39. The quantitative estimate of drug-likeness (QED) is 0.344. The first-order valence-electron chi connectivity index (χ1n) is 8.45. The second-order valence-electron chi connectivity index (χ2n) is 7.60. The maximum absolute atomic E-state index is 9.18. The average Bonchev–Trinajstić information content (AvgIpc) is 2.65. The number of hydrogen-bond acceptors (Lipinski definition) is 1. The van der Waals surface area contributed by atoms with E-state index in [-0.39, 0.29) is 30.2 Å². The summed E-state index contributed by atoms with van der Waals surface area (Å²) in [5.41, 5.74) is 5.53. The Balaban J connectivity index is -0.000000322. The third-order valence-electron chi connectivity index (χ3n) is 3.95. The maximum Gasteiger partial charge on any atom is -0.147 e. The normalized spacial score (nSPS) is 15.3. The molecule has 0 spiro atoms. The molecule has 1 atom stereocenters. The van der Waals surface area contributed by atoms with Crippen LogP contribution in [0, 0.1) is 12.0 Å². The molecule has 1 nitrogen and oxygen atoms in total. The number of hydrogen-bond donors (Lipinski definition) is 1. The third-order valence-corrected chi connectivity index (χ3v) is 3.95. The molecular formula is C22H35Cl2OTi. The van der Waals surface area contributed by atoms with Crippen LogP contribution in [0.15, 0.2) is 41.0 Å². The van der Waals surface area contributed by atoms with Crippen molar-refractivity contribution in [3.8, 4) is 5.75 Å². The van der Waals surface area contributed by atoms with Gasteiger partial charge in [-0.05, 0) is 23.1 Å². The number of halogens is 2. The van der Waals surface area contributed by atoms with Crippen molar-refractivity contribution in [2.45, 2.75) is 67.7 Å². The molecule has 1 unspecified atom stereocenters. The fourth-order valence-electron chi connectivity index (χ4n) is 2.13. The number of rotatable bonds is 0. The van der Waals surface area contributed by atoms with Gasteiger partial charge in [-0.25, -0.2) is 5.57 Å². The maximum atomic E-state index is 9.18. The van der Waals surface area contributed by atoms with Crippen LogP contribution < -0.4 is 0 Å².